The van der Waals surface area contributed by atoms with Crippen LogP contribution in [0.1, 0.15) is 32.3 Å². The standard InChI is InChI=1S/C24H34N6O6S/c1-12(2)20(24(35)36)30-23(34)18(11-37)29-22(33)17(28-21(32)15(25)7-8-19(26)31)9-13-10-27-16-6-4-3-5-14(13)16/h3-6,10,12,15,17-18,20,27,37H,7-9,11,25H2,1-2H3,(H2,26,31)(H,28,32)(H,29,33)(H,30,34)(H,35,36). The third-order valence-corrected chi connectivity index (χ3v) is 6.18. The number of nitrogens with two attached hydrogens (primary N) is 2. The number of fused-ring (bicyclic) bond motifs is 1. The number of hydrogen-bond donors (Lipinski definition) is 8. The van der Waals surface area contributed by atoms with Crippen LogP contribution in [-0.2, 0) is 30.4 Å². The zero-order chi connectivity index (χ0) is 27.7. The fraction of sp³-hybridized carbons (Fsp3) is 0.458. The minimum absolute atomic E-state index is 0.00393. The molecule has 0 saturated carbocycles. The van der Waals surface area contributed by atoms with Crippen LogP contribution in [0.25, 0.3) is 10.9 Å². The average molecular weight is 535 g/mol. The van der Waals surface area contributed by atoms with E-state index < -0.39 is 59.7 Å². The predicted octanol–water partition coefficient (Wildman–Crippen LogP) is -0.572. The van der Waals surface area contributed by atoms with Crippen molar-refractivity contribution < 1.29 is 29.1 Å². The van der Waals surface area contributed by atoms with E-state index in [4.69, 9.17) is 11.5 Å². The van der Waals surface area contributed by atoms with Crippen LogP contribution in [0.2, 0.25) is 0 Å². The van der Waals surface area contributed by atoms with Gasteiger partial charge in [-0.3, -0.25) is 19.2 Å². The van der Waals surface area contributed by atoms with Crippen molar-refractivity contribution in [3.8, 4) is 0 Å². The minimum atomic E-state index is -1.21. The molecule has 1 heterocycles. The van der Waals surface area contributed by atoms with Gasteiger partial charge in [-0.2, -0.15) is 12.6 Å². The summed E-state index contributed by atoms with van der Waals surface area (Å²) in [5.74, 6) is -4.41. The Morgan fingerprint density at radius 1 is 1.00 bits per heavy atom. The molecule has 0 spiro atoms. The maximum atomic E-state index is 13.3. The normalized spacial score (nSPS) is 14.4. The van der Waals surface area contributed by atoms with Gasteiger partial charge in [0, 0.05) is 35.7 Å². The molecule has 4 unspecified atom stereocenters. The van der Waals surface area contributed by atoms with Gasteiger partial charge in [0.05, 0.1) is 6.04 Å². The summed E-state index contributed by atoms with van der Waals surface area (Å²) < 4.78 is 0. The summed E-state index contributed by atoms with van der Waals surface area (Å²) in [6.45, 7) is 3.28. The summed E-state index contributed by atoms with van der Waals surface area (Å²) in [5.41, 5.74) is 12.6. The fourth-order valence-electron chi connectivity index (χ4n) is 3.67. The molecule has 0 aliphatic rings. The van der Waals surface area contributed by atoms with Crippen LogP contribution in [-0.4, -0.2) is 69.6 Å². The summed E-state index contributed by atoms with van der Waals surface area (Å²) in [4.78, 5) is 64.3. The van der Waals surface area contributed by atoms with Crippen molar-refractivity contribution in [2.24, 2.45) is 17.4 Å². The number of hydrogen-bond acceptors (Lipinski definition) is 7. The average Bonchev–Trinajstić information content (AvgIpc) is 3.25. The quantitative estimate of drug-likeness (QED) is 0.148. The Labute approximate surface area is 219 Å². The Balaban J connectivity index is 2.23. The molecule has 202 valence electrons. The second-order valence-corrected chi connectivity index (χ2v) is 9.41. The zero-order valence-electron chi connectivity index (χ0n) is 20.7. The van der Waals surface area contributed by atoms with Gasteiger partial charge in [-0.05, 0) is 24.0 Å². The number of carbonyl (C=O) groups excluding carboxylic acids is 4. The van der Waals surface area contributed by atoms with Crippen LogP contribution in [0, 0.1) is 5.92 Å². The summed E-state index contributed by atoms with van der Waals surface area (Å²) in [7, 11) is 0. The number of aromatic nitrogens is 1. The molecule has 0 aliphatic heterocycles. The number of thiol groups is 1. The molecule has 4 amide bonds. The maximum absolute atomic E-state index is 13.3. The van der Waals surface area contributed by atoms with Crippen LogP contribution < -0.4 is 27.4 Å². The van der Waals surface area contributed by atoms with E-state index in [1.165, 1.54) is 0 Å². The number of primary amides is 1. The smallest absolute Gasteiger partial charge is 0.326 e. The van der Waals surface area contributed by atoms with Crippen LogP contribution >= 0.6 is 12.6 Å². The van der Waals surface area contributed by atoms with Crippen molar-refractivity contribution >= 4 is 53.1 Å². The second kappa shape index (κ2) is 13.7. The van der Waals surface area contributed by atoms with E-state index in [1.807, 2.05) is 24.3 Å². The van der Waals surface area contributed by atoms with Gasteiger partial charge in [0.15, 0.2) is 0 Å². The van der Waals surface area contributed by atoms with E-state index in [2.05, 4.69) is 33.6 Å². The molecule has 0 aliphatic carbocycles. The first kappa shape index (κ1) is 29.6. The number of aromatic amines is 1. The number of nitrogens with one attached hydrogen (secondary N) is 4. The van der Waals surface area contributed by atoms with Gasteiger partial charge in [0.1, 0.15) is 18.1 Å². The Kier molecular flexibility index (Phi) is 10.9. The van der Waals surface area contributed by atoms with Crippen molar-refractivity contribution in [1.29, 1.82) is 0 Å². The lowest BCUT2D eigenvalue weighted by molar-refractivity contribution is -0.143. The molecule has 0 fully saturated rings. The van der Waals surface area contributed by atoms with E-state index in [1.54, 1.807) is 20.0 Å². The molecule has 37 heavy (non-hydrogen) atoms. The minimum Gasteiger partial charge on any atom is -0.480 e. The summed E-state index contributed by atoms with van der Waals surface area (Å²) in [6, 6.07) is 2.86. The summed E-state index contributed by atoms with van der Waals surface area (Å²) >= 11 is 4.13. The van der Waals surface area contributed by atoms with Crippen molar-refractivity contribution in [3.05, 3.63) is 36.0 Å². The highest BCUT2D eigenvalue weighted by molar-refractivity contribution is 7.80. The number of carboxylic acids is 1. The number of carbonyl (C=O) groups is 5. The molecule has 2 rings (SSSR count). The van der Waals surface area contributed by atoms with E-state index in [-0.39, 0.29) is 25.0 Å². The fourth-order valence-corrected chi connectivity index (χ4v) is 3.93. The topological polar surface area (TPSA) is 210 Å². The lowest BCUT2D eigenvalue weighted by Crippen LogP contribution is -2.58. The number of H-pyrrole nitrogens is 1. The van der Waals surface area contributed by atoms with E-state index >= 15 is 0 Å². The highest BCUT2D eigenvalue weighted by Gasteiger charge is 2.31. The van der Waals surface area contributed by atoms with Crippen molar-refractivity contribution in [1.82, 2.24) is 20.9 Å². The first-order valence-corrected chi connectivity index (χ1v) is 12.4. The Hall–Kier alpha value is -3.58. The SMILES string of the molecule is CC(C)C(NC(=O)C(CS)NC(=O)C(Cc1c[nH]c2ccccc12)NC(=O)C(N)CCC(N)=O)C(=O)O. The Morgan fingerprint density at radius 2 is 1.62 bits per heavy atom. The zero-order valence-corrected chi connectivity index (χ0v) is 21.6. The first-order valence-electron chi connectivity index (χ1n) is 11.8. The van der Waals surface area contributed by atoms with Crippen LogP contribution in [0.15, 0.2) is 30.5 Å². The molecule has 12 nitrogen and oxygen atoms in total. The van der Waals surface area contributed by atoms with Crippen LogP contribution in [0.4, 0.5) is 0 Å². The lowest BCUT2D eigenvalue weighted by Gasteiger charge is -2.25. The molecule has 1 aromatic carbocycles. The van der Waals surface area contributed by atoms with Crippen molar-refractivity contribution in [2.45, 2.75) is 57.3 Å². The third-order valence-electron chi connectivity index (χ3n) is 5.82. The van der Waals surface area contributed by atoms with Gasteiger partial charge in [-0.15, -0.1) is 0 Å². The molecule has 13 heteroatoms. The third kappa shape index (κ3) is 8.50. The largest absolute Gasteiger partial charge is 0.480 e. The van der Waals surface area contributed by atoms with Gasteiger partial charge in [-0.1, -0.05) is 32.0 Å². The first-order chi connectivity index (χ1) is 17.4. The molecule has 1 aromatic heterocycles. The Morgan fingerprint density at radius 3 is 2.22 bits per heavy atom. The maximum Gasteiger partial charge on any atom is 0.326 e. The predicted molar refractivity (Wildman–Crippen MR) is 141 cm³/mol. The van der Waals surface area contributed by atoms with E-state index in [9.17, 15) is 29.1 Å². The van der Waals surface area contributed by atoms with Gasteiger partial charge in [-0.25, -0.2) is 4.79 Å². The van der Waals surface area contributed by atoms with Crippen LogP contribution in [0.5, 0.6) is 0 Å². The van der Waals surface area contributed by atoms with E-state index in [0.717, 1.165) is 16.5 Å². The number of carboxylic acid groups (broad SMARTS) is 1. The summed E-state index contributed by atoms with van der Waals surface area (Å²) in [6.07, 6.45) is 1.67. The number of amides is 4. The monoisotopic (exact) mass is 534 g/mol. The highest BCUT2D eigenvalue weighted by atomic mass is 32.1. The van der Waals surface area contributed by atoms with Crippen molar-refractivity contribution in [3.63, 3.8) is 0 Å². The van der Waals surface area contributed by atoms with Gasteiger partial charge >= 0.3 is 5.97 Å². The molecular weight excluding hydrogens is 500 g/mol. The number of aliphatic carboxylic acids is 1. The number of benzene rings is 1. The lowest BCUT2D eigenvalue weighted by atomic mass is 10.0. The van der Waals surface area contributed by atoms with E-state index in [0.29, 0.717) is 0 Å². The number of para-hydroxylation sites is 1. The molecule has 0 radical (unpaired) electrons. The van der Waals surface area contributed by atoms with Crippen LogP contribution in [0.3, 0.4) is 0 Å². The molecule has 2 aromatic rings. The Bertz CT molecular complexity index is 1140. The van der Waals surface area contributed by atoms with Crippen molar-refractivity contribution in [2.75, 3.05) is 5.75 Å². The van der Waals surface area contributed by atoms with Gasteiger partial charge in [0.2, 0.25) is 23.6 Å². The molecule has 9 N–H and O–H groups in total. The molecule has 0 bridgehead atoms. The van der Waals surface area contributed by atoms with Gasteiger partial charge < -0.3 is 37.5 Å². The summed E-state index contributed by atoms with van der Waals surface area (Å²) in [5, 5.41) is 17.8. The second-order valence-electron chi connectivity index (χ2n) is 9.05. The molecule has 4 atom stereocenters. The number of rotatable bonds is 14. The molecular formula is C24H34N6O6S. The van der Waals surface area contributed by atoms with Gasteiger partial charge in [0.25, 0.3) is 0 Å². The highest BCUT2D eigenvalue weighted by Crippen LogP contribution is 2.19. The molecule has 0 saturated heterocycles.